The molecule has 26 heavy (non-hydrogen) atoms. The Morgan fingerprint density at radius 2 is 2.12 bits per heavy atom. The number of aromatic nitrogens is 5. The second kappa shape index (κ2) is 7.96. The maximum Gasteiger partial charge on any atom is 0.245 e. The Hall–Kier alpha value is -2.94. The highest BCUT2D eigenvalue weighted by Crippen LogP contribution is 2.29. The lowest BCUT2D eigenvalue weighted by atomic mass is 10.1. The molecule has 0 aliphatic rings. The Morgan fingerprint density at radius 1 is 1.31 bits per heavy atom. The van der Waals surface area contributed by atoms with Crippen molar-refractivity contribution in [1.82, 2.24) is 25.0 Å². The second-order valence-electron chi connectivity index (χ2n) is 5.70. The highest BCUT2D eigenvalue weighted by molar-refractivity contribution is 7.71. The summed E-state index contributed by atoms with van der Waals surface area (Å²) < 4.78 is 7.48. The lowest BCUT2D eigenvalue weighted by Crippen LogP contribution is -2.20. The van der Waals surface area contributed by atoms with Crippen molar-refractivity contribution in [3.05, 3.63) is 40.9 Å². The molecule has 0 fully saturated rings. The van der Waals surface area contributed by atoms with Gasteiger partial charge in [-0.1, -0.05) is 19.1 Å². The number of carbonyl (C=O) groups is 1. The lowest BCUT2D eigenvalue weighted by molar-refractivity contribution is -0.116. The molecule has 0 unspecified atom stereocenters. The third-order valence-electron chi connectivity index (χ3n) is 3.86. The average molecular weight is 372 g/mol. The van der Waals surface area contributed by atoms with E-state index in [1.54, 1.807) is 17.7 Å². The first kappa shape index (κ1) is 17.9. The number of nitrogens with zero attached hydrogens (tertiary/aromatic N) is 3. The number of methoxy groups -OCH3 is 1. The van der Waals surface area contributed by atoms with Gasteiger partial charge in [0.1, 0.15) is 18.1 Å². The van der Waals surface area contributed by atoms with E-state index in [1.807, 2.05) is 31.2 Å². The number of ether oxygens (including phenoxy) is 1. The van der Waals surface area contributed by atoms with E-state index < -0.39 is 0 Å². The van der Waals surface area contributed by atoms with Crippen LogP contribution in [0, 0.1) is 4.77 Å². The predicted octanol–water partition coefficient (Wildman–Crippen LogP) is 2.93. The summed E-state index contributed by atoms with van der Waals surface area (Å²) in [5.41, 5.74) is 1.62. The number of nitrogens with one attached hydrogen (secondary N) is 3. The Morgan fingerprint density at radius 3 is 2.88 bits per heavy atom. The summed E-state index contributed by atoms with van der Waals surface area (Å²) in [5, 5.41) is 16.7. The van der Waals surface area contributed by atoms with Crippen molar-refractivity contribution >= 4 is 23.9 Å². The summed E-state index contributed by atoms with van der Waals surface area (Å²) in [5.74, 6) is 1.70. The Balaban J connectivity index is 1.72. The number of aromatic amines is 2. The normalized spacial score (nSPS) is 10.7. The molecule has 3 rings (SSSR count). The van der Waals surface area contributed by atoms with E-state index in [1.165, 1.54) is 0 Å². The van der Waals surface area contributed by atoms with Crippen LogP contribution in [0.15, 0.2) is 30.3 Å². The van der Waals surface area contributed by atoms with Crippen molar-refractivity contribution in [3.8, 4) is 17.0 Å². The van der Waals surface area contributed by atoms with Gasteiger partial charge in [-0.3, -0.25) is 19.6 Å². The number of carbonyl (C=O) groups excluding carboxylic acids is 1. The summed E-state index contributed by atoms with van der Waals surface area (Å²) in [6.07, 6.45) is 1.67. The molecule has 0 atom stereocenters. The van der Waals surface area contributed by atoms with Crippen molar-refractivity contribution in [2.45, 2.75) is 26.3 Å². The lowest BCUT2D eigenvalue weighted by Gasteiger charge is -2.06. The monoisotopic (exact) mass is 372 g/mol. The summed E-state index contributed by atoms with van der Waals surface area (Å²) in [6.45, 7) is 2.13. The number of hydrogen-bond donors (Lipinski definition) is 3. The zero-order valence-corrected chi connectivity index (χ0v) is 15.4. The van der Waals surface area contributed by atoms with E-state index in [0.717, 1.165) is 35.7 Å². The molecule has 136 valence electrons. The van der Waals surface area contributed by atoms with Crippen LogP contribution in [0.5, 0.6) is 5.75 Å². The predicted molar refractivity (Wildman–Crippen MR) is 101 cm³/mol. The number of anilines is 1. The molecule has 2 heterocycles. The summed E-state index contributed by atoms with van der Waals surface area (Å²) in [4.78, 5) is 12.4. The number of aryl methyl sites for hydroxylation is 1. The molecule has 1 aromatic carbocycles. The standard InChI is InChI=1S/C17H20N6O2S/c1-3-6-15-21-22-17(26)23(15)10-16(24)18-14-9-12(19-20-14)11-7-4-5-8-13(11)25-2/h4-5,7-9H,3,6,10H2,1-2H3,(H,22,26)(H2,18,19,20,24). The second-order valence-corrected chi connectivity index (χ2v) is 6.08. The smallest absolute Gasteiger partial charge is 0.245 e. The fraction of sp³-hybridized carbons (Fsp3) is 0.294. The van der Waals surface area contributed by atoms with Gasteiger partial charge in [0.25, 0.3) is 0 Å². The van der Waals surface area contributed by atoms with Crippen LogP contribution in [-0.2, 0) is 17.8 Å². The number of hydrogen-bond acceptors (Lipinski definition) is 5. The van der Waals surface area contributed by atoms with Crippen LogP contribution in [0.4, 0.5) is 5.82 Å². The first-order valence-corrected chi connectivity index (χ1v) is 8.66. The number of amides is 1. The van der Waals surface area contributed by atoms with Gasteiger partial charge in [-0.05, 0) is 30.8 Å². The molecule has 0 bridgehead atoms. The first-order valence-electron chi connectivity index (χ1n) is 8.25. The Kier molecular flexibility index (Phi) is 5.47. The molecule has 3 N–H and O–H groups in total. The van der Waals surface area contributed by atoms with E-state index in [0.29, 0.717) is 10.6 Å². The fourth-order valence-corrected chi connectivity index (χ4v) is 2.86. The first-order chi connectivity index (χ1) is 12.6. The topological polar surface area (TPSA) is 101 Å². The van der Waals surface area contributed by atoms with Crippen molar-refractivity contribution in [3.63, 3.8) is 0 Å². The van der Waals surface area contributed by atoms with Crippen LogP contribution in [0.2, 0.25) is 0 Å². The van der Waals surface area contributed by atoms with E-state index in [2.05, 4.69) is 25.7 Å². The molecule has 0 aliphatic carbocycles. The largest absolute Gasteiger partial charge is 0.496 e. The molecule has 0 spiro atoms. The van der Waals surface area contributed by atoms with Crippen molar-refractivity contribution < 1.29 is 9.53 Å². The van der Waals surface area contributed by atoms with Crippen LogP contribution in [0.3, 0.4) is 0 Å². The van der Waals surface area contributed by atoms with E-state index in [4.69, 9.17) is 17.0 Å². The fourth-order valence-electron chi connectivity index (χ4n) is 2.64. The maximum absolute atomic E-state index is 12.4. The van der Waals surface area contributed by atoms with Crippen molar-refractivity contribution in [2.24, 2.45) is 0 Å². The van der Waals surface area contributed by atoms with Gasteiger partial charge < -0.3 is 10.1 Å². The van der Waals surface area contributed by atoms with Gasteiger partial charge in [0.05, 0.1) is 12.8 Å². The van der Waals surface area contributed by atoms with Gasteiger partial charge in [0.2, 0.25) is 5.91 Å². The minimum absolute atomic E-state index is 0.0848. The van der Waals surface area contributed by atoms with Gasteiger partial charge in [-0.2, -0.15) is 10.2 Å². The van der Waals surface area contributed by atoms with Gasteiger partial charge in [0, 0.05) is 18.1 Å². The Bertz CT molecular complexity index is 958. The summed E-state index contributed by atoms with van der Waals surface area (Å²) in [7, 11) is 1.61. The quantitative estimate of drug-likeness (QED) is 0.554. The molecule has 9 heteroatoms. The number of rotatable bonds is 7. The summed E-state index contributed by atoms with van der Waals surface area (Å²) >= 11 is 5.19. The molecular formula is C17H20N6O2S. The highest BCUT2D eigenvalue weighted by atomic mass is 32.1. The highest BCUT2D eigenvalue weighted by Gasteiger charge is 2.13. The summed E-state index contributed by atoms with van der Waals surface area (Å²) in [6, 6.07) is 9.35. The van der Waals surface area contributed by atoms with Crippen LogP contribution in [-0.4, -0.2) is 38.0 Å². The number of para-hydroxylation sites is 1. The van der Waals surface area contributed by atoms with Crippen LogP contribution < -0.4 is 10.1 Å². The minimum Gasteiger partial charge on any atom is -0.496 e. The van der Waals surface area contributed by atoms with Gasteiger partial charge in [0.15, 0.2) is 10.6 Å². The number of benzene rings is 1. The van der Waals surface area contributed by atoms with Gasteiger partial charge in [-0.15, -0.1) is 0 Å². The molecule has 0 radical (unpaired) electrons. The zero-order valence-electron chi connectivity index (χ0n) is 14.6. The van der Waals surface area contributed by atoms with Gasteiger partial charge in [-0.25, -0.2) is 0 Å². The third kappa shape index (κ3) is 3.83. The van der Waals surface area contributed by atoms with E-state index in [9.17, 15) is 4.79 Å². The Labute approximate surface area is 155 Å². The average Bonchev–Trinajstić information content (AvgIpc) is 3.24. The molecule has 0 saturated heterocycles. The minimum atomic E-state index is -0.224. The maximum atomic E-state index is 12.4. The molecule has 8 nitrogen and oxygen atoms in total. The van der Waals surface area contributed by atoms with Crippen molar-refractivity contribution in [2.75, 3.05) is 12.4 Å². The van der Waals surface area contributed by atoms with E-state index in [-0.39, 0.29) is 12.5 Å². The van der Waals surface area contributed by atoms with Gasteiger partial charge >= 0.3 is 0 Å². The molecule has 0 aliphatic heterocycles. The van der Waals surface area contributed by atoms with Crippen molar-refractivity contribution in [1.29, 1.82) is 0 Å². The van der Waals surface area contributed by atoms with Crippen LogP contribution in [0.25, 0.3) is 11.3 Å². The molecule has 3 aromatic rings. The molecule has 0 saturated carbocycles. The van der Waals surface area contributed by atoms with Crippen LogP contribution in [0.1, 0.15) is 19.2 Å². The molecule has 1 amide bonds. The van der Waals surface area contributed by atoms with Crippen LogP contribution >= 0.6 is 12.2 Å². The SMILES string of the molecule is CCCc1n[nH]c(=S)n1CC(=O)Nc1cc(-c2ccccc2OC)[nH]n1. The van der Waals surface area contributed by atoms with E-state index >= 15 is 0 Å². The molecular weight excluding hydrogens is 352 g/mol. The third-order valence-corrected chi connectivity index (χ3v) is 4.17. The number of H-pyrrole nitrogens is 2. The zero-order chi connectivity index (χ0) is 18.5. The molecule has 2 aromatic heterocycles.